The van der Waals surface area contributed by atoms with E-state index in [0.29, 0.717) is 10.3 Å². The molecule has 0 aliphatic rings. The van der Waals surface area contributed by atoms with Crippen LogP contribution in [0.25, 0.3) is 0 Å². The fourth-order valence-electron chi connectivity index (χ4n) is 1.91. The molecule has 22 heavy (non-hydrogen) atoms. The standard InChI is InChI=1S/C16H12Br2Cl2N2/c1-9-7-11(17)3-5-13(9)15(19)21-22-16(20)14-6-4-12(18)8-10(14)2/h3-8H,1-2H3. The molecule has 2 aromatic carbocycles. The zero-order chi connectivity index (χ0) is 16.3. The molecule has 0 unspecified atom stereocenters. The van der Waals surface area contributed by atoms with Crippen molar-refractivity contribution in [3.8, 4) is 0 Å². The van der Waals surface area contributed by atoms with E-state index in [1.54, 1.807) is 0 Å². The summed E-state index contributed by atoms with van der Waals surface area (Å²) in [5.41, 5.74) is 3.67. The Labute approximate surface area is 156 Å². The van der Waals surface area contributed by atoms with E-state index < -0.39 is 0 Å². The second-order valence-electron chi connectivity index (χ2n) is 4.70. The minimum absolute atomic E-state index is 0.304. The van der Waals surface area contributed by atoms with Gasteiger partial charge in [0.2, 0.25) is 0 Å². The van der Waals surface area contributed by atoms with Crippen molar-refractivity contribution in [3.05, 3.63) is 67.6 Å². The van der Waals surface area contributed by atoms with Crippen LogP contribution in [0.15, 0.2) is 55.5 Å². The summed E-state index contributed by atoms with van der Waals surface area (Å²) in [6, 6.07) is 11.5. The number of benzene rings is 2. The molecule has 0 radical (unpaired) electrons. The molecule has 0 saturated heterocycles. The van der Waals surface area contributed by atoms with Gasteiger partial charge in [-0.05, 0) is 49.2 Å². The molecule has 0 saturated carbocycles. The first-order valence-electron chi connectivity index (χ1n) is 6.38. The molecular weight excluding hydrogens is 451 g/mol. The zero-order valence-electron chi connectivity index (χ0n) is 11.9. The van der Waals surface area contributed by atoms with Gasteiger partial charge in [-0.25, -0.2) is 0 Å². The molecular formula is C16H12Br2Cl2N2. The van der Waals surface area contributed by atoms with Gasteiger partial charge in [0.15, 0.2) is 10.3 Å². The van der Waals surface area contributed by atoms with Gasteiger partial charge >= 0.3 is 0 Å². The number of aryl methyl sites for hydroxylation is 2. The van der Waals surface area contributed by atoms with Crippen LogP contribution in [0.5, 0.6) is 0 Å². The van der Waals surface area contributed by atoms with Gasteiger partial charge in [-0.2, -0.15) is 0 Å². The number of nitrogens with zero attached hydrogens (tertiary/aromatic N) is 2. The molecule has 2 rings (SSSR count). The molecule has 0 heterocycles. The Morgan fingerprint density at radius 3 is 1.45 bits per heavy atom. The van der Waals surface area contributed by atoms with Gasteiger partial charge in [0, 0.05) is 20.1 Å². The molecule has 0 atom stereocenters. The number of hydrogen-bond acceptors (Lipinski definition) is 2. The smallest absolute Gasteiger partial charge is 0.136 e. The largest absolute Gasteiger partial charge is 0.159 e. The monoisotopic (exact) mass is 460 g/mol. The van der Waals surface area contributed by atoms with E-state index in [2.05, 4.69) is 42.1 Å². The Morgan fingerprint density at radius 1 is 0.773 bits per heavy atom. The maximum atomic E-state index is 6.22. The zero-order valence-corrected chi connectivity index (χ0v) is 16.6. The van der Waals surface area contributed by atoms with Gasteiger partial charge in [0.25, 0.3) is 0 Å². The van der Waals surface area contributed by atoms with E-state index in [4.69, 9.17) is 23.2 Å². The van der Waals surface area contributed by atoms with Gasteiger partial charge in [-0.3, -0.25) is 0 Å². The van der Waals surface area contributed by atoms with Crippen LogP contribution in [0, 0.1) is 13.8 Å². The van der Waals surface area contributed by atoms with Crippen molar-refractivity contribution in [1.29, 1.82) is 0 Å². The van der Waals surface area contributed by atoms with Crippen LogP contribution in [-0.4, -0.2) is 10.3 Å². The molecule has 2 aromatic rings. The highest BCUT2D eigenvalue weighted by Gasteiger charge is 2.07. The molecule has 0 amide bonds. The molecule has 0 aliphatic carbocycles. The highest BCUT2D eigenvalue weighted by atomic mass is 79.9. The molecule has 0 fully saturated rings. The quantitative estimate of drug-likeness (QED) is 0.371. The first kappa shape index (κ1) is 17.7. The highest BCUT2D eigenvalue weighted by molar-refractivity contribution is 9.10. The predicted octanol–water partition coefficient (Wildman–Crippen LogP) is 6.41. The Kier molecular flexibility index (Phi) is 6.21. The molecule has 6 heteroatoms. The van der Waals surface area contributed by atoms with Gasteiger partial charge in [0.05, 0.1) is 0 Å². The third kappa shape index (κ3) is 4.42. The first-order chi connectivity index (χ1) is 10.4. The van der Waals surface area contributed by atoms with Crippen molar-refractivity contribution in [3.63, 3.8) is 0 Å². The second-order valence-corrected chi connectivity index (χ2v) is 7.25. The Hall–Kier alpha value is -0.680. The maximum absolute atomic E-state index is 6.22. The van der Waals surface area contributed by atoms with Crippen molar-refractivity contribution >= 4 is 65.4 Å². The first-order valence-corrected chi connectivity index (χ1v) is 8.72. The van der Waals surface area contributed by atoms with E-state index in [9.17, 15) is 0 Å². The number of rotatable bonds is 3. The third-order valence-electron chi connectivity index (χ3n) is 3.05. The van der Waals surface area contributed by atoms with E-state index >= 15 is 0 Å². The SMILES string of the molecule is Cc1cc(Br)ccc1C(Cl)=NN=C(Cl)c1ccc(Br)cc1C. The Bertz CT molecular complexity index is 705. The Morgan fingerprint density at radius 2 is 1.14 bits per heavy atom. The minimum Gasteiger partial charge on any atom is -0.136 e. The van der Waals surface area contributed by atoms with E-state index in [0.717, 1.165) is 31.2 Å². The fourth-order valence-corrected chi connectivity index (χ4v) is 3.36. The molecule has 0 N–H and O–H groups in total. The van der Waals surface area contributed by atoms with Crippen LogP contribution >= 0.6 is 55.1 Å². The van der Waals surface area contributed by atoms with Gasteiger partial charge in [0.1, 0.15) is 0 Å². The number of hydrogen-bond donors (Lipinski definition) is 0. The summed E-state index contributed by atoms with van der Waals surface area (Å²) < 4.78 is 1.98. The van der Waals surface area contributed by atoms with Crippen LogP contribution in [0.3, 0.4) is 0 Å². The van der Waals surface area contributed by atoms with Crippen LogP contribution in [0.2, 0.25) is 0 Å². The molecule has 0 aliphatic heterocycles. The average molecular weight is 463 g/mol. The molecule has 2 nitrogen and oxygen atoms in total. The lowest BCUT2D eigenvalue weighted by Crippen LogP contribution is -1.97. The van der Waals surface area contributed by atoms with Crippen molar-refractivity contribution in [1.82, 2.24) is 0 Å². The molecule has 0 spiro atoms. The summed E-state index contributed by atoms with van der Waals surface area (Å²) in [7, 11) is 0. The third-order valence-corrected chi connectivity index (χ3v) is 4.59. The summed E-state index contributed by atoms with van der Waals surface area (Å²) in [6.45, 7) is 3.92. The van der Waals surface area contributed by atoms with Gasteiger partial charge in [-0.15, -0.1) is 10.2 Å². The second kappa shape index (κ2) is 7.73. The number of halogens is 4. The summed E-state index contributed by atoms with van der Waals surface area (Å²) in [5, 5.41) is 8.68. The lowest BCUT2D eigenvalue weighted by molar-refractivity contribution is 1.24. The summed E-state index contributed by atoms with van der Waals surface area (Å²) in [4.78, 5) is 0. The molecule has 0 bridgehead atoms. The van der Waals surface area contributed by atoms with E-state index in [-0.39, 0.29) is 0 Å². The Balaban J connectivity index is 2.32. The van der Waals surface area contributed by atoms with E-state index in [1.165, 1.54) is 0 Å². The van der Waals surface area contributed by atoms with Crippen LogP contribution in [-0.2, 0) is 0 Å². The van der Waals surface area contributed by atoms with E-state index in [1.807, 2.05) is 50.2 Å². The average Bonchev–Trinajstić information content (AvgIpc) is 2.44. The van der Waals surface area contributed by atoms with Gasteiger partial charge < -0.3 is 0 Å². The highest BCUT2D eigenvalue weighted by Crippen LogP contribution is 2.20. The lowest BCUT2D eigenvalue weighted by atomic mass is 10.1. The van der Waals surface area contributed by atoms with Crippen LogP contribution in [0.4, 0.5) is 0 Å². The molecule has 0 aromatic heterocycles. The van der Waals surface area contributed by atoms with Gasteiger partial charge in [-0.1, -0.05) is 67.2 Å². The molecule has 114 valence electrons. The summed E-state index contributed by atoms with van der Waals surface area (Å²) in [6.07, 6.45) is 0. The van der Waals surface area contributed by atoms with Crippen molar-refractivity contribution in [2.45, 2.75) is 13.8 Å². The minimum atomic E-state index is 0.304. The van der Waals surface area contributed by atoms with Crippen molar-refractivity contribution in [2.75, 3.05) is 0 Å². The van der Waals surface area contributed by atoms with Crippen molar-refractivity contribution < 1.29 is 0 Å². The maximum Gasteiger partial charge on any atom is 0.159 e. The summed E-state index contributed by atoms with van der Waals surface area (Å²) in [5.74, 6) is 0. The van der Waals surface area contributed by atoms with Crippen LogP contribution < -0.4 is 0 Å². The normalized spacial score (nSPS) is 12.6. The predicted molar refractivity (Wildman–Crippen MR) is 103 cm³/mol. The van der Waals surface area contributed by atoms with Crippen molar-refractivity contribution in [2.24, 2.45) is 10.2 Å². The van der Waals surface area contributed by atoms with Crippen LogP contribution in [0.1, 0.15) is 22.3 Å². The topological polar surface area (TPSA) is 24.7 Å². The lowest BCUT2D eigenvalue weighted by Gasteiger charge is -2.04. The fraction of sp³-hybridized carbons (Fsp3) is 0.125. The summed E-state index contributed by atoms with van der Waals surface area (Å²) >= 11 is 19.3.